The van der Waals surface area contributed by atoms with Crippen LogP contribution in [0.25, 0.3) is 0 Å². The van der Waals surface area contributed by atoms with Crippen LogP contribution in [0.15, 0.2) is 24.3 Å². The van der Waals surface area contributed by atoms with Crippen LogP contribution in [-0.2, 0) is 25.9 Å². The van der Waals surface area contributed by atoms with E-state index >= 15 is 0 Å². The normalized spacial score (nSPS) is 18.5. The first-order chi connectivity index (χ1) is 12.7. The number of methoxy groups -OCH3 is 3. The van der Waals surface area contributed by atoms with E-state index in [1.807, 2.05) is 0 Å². The summed E-state index contributed by atoms with van der Waals surface area (Å²) in [6.45, 7) is 2.42. The Labute approximate surface area is 154 Å². The molecular weight excluding hydrogens is 328 g/mol. The summed E-state index contributed by atoms with van der Waals surface area (Å²) in [6.07, 6.45) is 1.99. The van der Waals surface area contributed by atoms with Crippen molar-refractivity contribution in [2.45, 2.75) is 32.0 Å². The highest BCUT2D eigenvalue weighted by Crippen LogP contribution is 2.44. The number of hydrogen-bond acceptors (Lipinski definition) is 5. The molecule has 0 saturated heterocycles. The van der Waals surface area contributed by atoms with Gasteiger partial charge in [0.05, 0.1) is 21.3 Å². The second kappa shape index (κ2) is 6.82. The smallest absolute Gasteiger partial charge is 0.161 e. The van der Waals surface area contributed by atoms with E-state index < -0.39 is 0 Å². The first-order valence-electron chi connectivity index (χ1n) is 9.06. The number of hydrogen-bond donors (Lipinski definition) is 1. The molecule has 4 rings (SSSR count). The fraction of sp³-hybridized carbons (Fsp3) is 0.429. The van der Waals surface area contributed by atoms with Crippen LogP contribution in [0.5, 0.6) is 17.2 Å². The predicted octanol–water partition coefficient (Wildman–Crippen LogP) is 2.83. The van der Waals surface area contributed by atoms with Gasteiger partial charge in [-0.3, -0.25) is 4.90 Å². The maximum atomic E-state index is 5.89. The number of ether oxygens (including phenoxy) is 3. The first-order valence-corrected chi connectivity index (χ1v) is 9.06. The quantitative estimate of drug-likeness (QED) is 0.915. The molecule has 0 amide bonds. The Morgan fingerprint density at radius 3 is 2.50 bits per heavy atom. The standard InChI is InChI=1S/C21H26N2O3/c1-24-19-9-14-6-7-23-12-17-13(4-5-15(11-22)21(17)26-3)8-18(23)16(14)10-20(19)25-2/h4-5,9-10,18H,6-8,11-12,22H2,1-3H3. The van der Waals surface area contributed by atoms with Crippen LogP contribution in [0.1, 0.15) is 33.9 Å². The largest absolute Gasteiger partial charge is 0.496 e. The molecule has 2 aliphatic heterocycles. The molecule has 2 N–H and O–H groups in total. The molecule has 0 saturated carbocycles. The van der Waals surface area contributed by atoms with E-state index in [1.54, 1.807) is 21.3 Å². The number of rotatable bonds is 4. The highest BCUT2D eigenvalue weighted by Gasteiger charge is 2.34. The molecule has 5 nitrogen and oxygen atoms in total. The van der Waals surface area contributed by atoms with Crippen molar-refractivity contribution in [3.63, 3.8) is 0 Å². The summed E-state index contributed by atoms with van der Waals surface area (Å²) in [6, 6.07) is 8.97. The zero-order valence-corrected chi connectivity index (χ0v) is 15.7. The molecule has 1 atom stereocenters. The molecule has 138 valence electrons. The van der Waals surface area contributed by atoms with Gasteiger partial charge in [-0.25, -0.2) is 0 Å². The van der Waals surface area contributed by atoms with E-state index in [0.717, 1.165) is 48.7 Å². The fourth-order valence-electron chi connectivity index (χ4n) is 4.42. The Bertz CT molecular complexity index is 834. The Balaban J connectivity index is 1.76. The van der Waals surface area contributed by atoms with Crippen molar-refractivity contribution < 1.29 is 14.2 Å². The van der Waals surface area contributed by atoms with E-state index in [2.05, 4.69) is 29.2 Å². The van der Waals surface area contributed by atoms with Crippen molar-refractivity contribution >= 4 is 0 Å². The topological polar surface area (TPSA) is 57.0 Å². The Morgan fingerprint density at radius 2 is 1.81 bits per heavy atom. The third kappa shape index (κ3) is 2.63. The van der Waals surface area contributed by atoms with Crippen LogP contribution >= 0.6 is 0 Å². The third-order valence-corrected chi connectivity index (χ3v) is 5.75. The van der Waals surface area contributed by atoms with Crippen LogP contribution in [0.4, 0.5) is 0 Å². The summed E-state index contributed by atoms with van der Waals surface area (Å²) >= 11 is 0. The van der Waals surface area contributed by atoms with Crippen LogP contribution < -0.4 is 19.9 Å². The lowest BCUT2D eigenvalue weighted by Gasteiger charge is -2.42. The lowest BCUT2D eigenvalue weighted by atomic mass is 9.83. The molecule has 2 aliphatic rings. The molecule has 2 aromatic carbocycles. The summed E-state index contributed by atoms with van der Waals surface area (Å²) in [5.41, 5.74) is 12.3. The average molecular weight is 354 g/mol. The van der Waals surface area contributed by atoms with Gasteiger partial charge in [-0.15, -0.1) is 0 Å². The van der Waals surface area contributed by atoms with Gasteiger partial charge in [0.2, 0.25) is 0 Å². The lowest BCUT2D eigenvalue weighted by molar-refractivity contribution is 0.157. The molecule has 26 heavy (non-hydrogen) atoms. The van der Waals surface area contributed by atoms with E-state index in [-0.39, 0.29) is 0 Å². The number of nitrogens with zero attached hydrogens (tertiary/aromatic N) is 1. The minimum absolute atomic E-state index is 0.361. The Kier molecular flexibility index (Phi) is 4.51. The minimum atomic E-state index is 0.361. The lowest BCUT2D eigenvalue weighted by Crippen LogP contribution is -2.39. The zero-order valence-electron chi connectivity index (χ0n) is 15.7. The van der Waals surface area contributed by atoms with Crippen LogP contribution in [0.2, 0.25) is 0 Å². The SMILES string of the molecule is COc1cc2c(cc1OC)C1Cc3ccc(CN)c(OC)c3CN1CC2. The summed E-state index contributed by atoms with van der Waals surface area (Å²) in [5.74, 6) is 2.57. The van der Waals surface area contributed by atoms with Gasteiger partial charge in [0.25, 0.3) is 0 Å². The molecule has 0 spiro atoms. The first kappa shape index (κ1) is 17.2. The van der Waals surface area contributed by atoms with E-state index in [1.165, 1.54) is 22.3 Å². The number of fused-ring (bicyclic) bond motifs is 4. The van der Waals surface area contributed by atoms with Crippen LogP contribution in [-0.4, -0.2) is 32.8 Å². The molecule has 0 fully saturated rings. The molecule has 0 radical (unpaired) electrons. The summed E-state index contributed by atoms with van der Waals surface area (Å²) < 4.78 is 16.7. The van der Waals surface area contributed by atoms with Crippen molar-refractivity contribution in [1.29, 1.82) is 0 Å². The molecule has 0 aliphatic carbocycles. The van der Waals surface area contributed by atoms with Gasteiger partial charge in [-0.05, 0) is 41.7 Å². The molecule has 0 bridgehead atoms. The van der Waals surface area contributed by atoms with Gasteiger partial charge in [0.15, 0.2) is 11.5 Å². The van der Waals surface area contributed by atoms with E-state index in [4.69, 9.17) is 19.9 Å². The summed E-state index contributed by atoms with van der Waals surface area (Å²) in [5, 5.41) is 0. The van der Waals surface area contributed by atoms with Crippen molar-refractivity contribution in [2.24, 2.45) is 5.73 Å². The van der Waals surface area contributed by atoms with Gasteiger partial charge < -0.3 is 19.9 Å². The van der Waals surface area contributed by atoms with Crippen molar-refractivity contribution in [3.05, 3.63) is 52.1 Å². The molecule has 5 heteroatoms. The van der Waals surface area contributed by atoms with Crippen molar-refractivity contribution in [1.82, 2.24) is 4.90 Å². The predicted molar refractivity (Wildman–Crippen MR) is 101 cm³/mol. The highest BCUT2D eigenvalue weighted by atomic mass is 16.5. The molecular formula is C21H26N2O3. The summed E-state index contributed by atoms with van der Waals surface area (Å²) in [7, 11) is 5.13. The number of nitrogens with two attached hydrogens (primary N) is 1. The van der Waals surface area contributed by atoms with Gasteiger partial charge in [0.1, 0.15) is 5.75 Å². The third-order valence-electron chi connectivity index (χ3n) is 5.75. The van der Waals surface area contributed by atoms with Crippen LogP contribution in [0, 0.1) is 0 Å². The zero-order chi connectivity index (χ0) is 18.3. The van der Waals surface area contributed by atoms with Gasteiger partial charge in [-0.1, -0.05) is 12.1 Å². The Hall–Kier alpha value is -2.24. The van der Waals surface area contributed by atoms with Crippen LogP contribution in [0.3, 0.4) is 0 Å². The van der Waals surface area contributed by atoms with Gasteiger partial charge in [-0.2, -0.15) is 0 Å². The molecule has 2 heterocycles. The Morgan fingerprint density at radius 1 is 1.04 bits per heavy atom. The monoisotopic (exact) mass is 354 g/mol. The highest BCUT2D eigenvalue weighted by molar-refractivity contribution is 5.53. The second-order valence-corrected chi connectivity index (χ2v) is 6.95. The minimum Gasteiger partial charge on any atom is -0.496 e. The van der Waals surface area contributed by atoms with E-state index in [0.29, 0.717) is 12.6 Å². The fourth-order valence-corrected chi connectivity index (χ4v) is 4.42. The summed E-state index contributed by atoms with van der Waals surface area (Å²) in [4.78, 5) is 2.54. The van der Waals surface area contributed by atoms with Gasteiger partial charge in [0, 0.05) is 36.8 Å². The number of benzene rings is 2. The maximum absolute atomic E-state index is 5.89. The average Bonchev–Trinajstić information content (AvgIpc) is 2.70. The van der Waals surface area contributed by atoms with E-state index in [9.17, 15) is 0 Å². The molecule has 0 aromatic heterocycles. The molecule has 1 unspecified atom stereocenters. The van der Waals surface area contributed by atoms with Crippen molar-refractivity contribution in [3.8, 4) is 17.2 Å². The second-order valence-electron chi connectivity index (χ2n) is 6.95. The molecule has 2 aromatic rings. The maximum Gasteiger partial charge on any atom is 0.161 e. The van der Waals surface area contributed by atoms with Gasteiger partial charge >= 0.3 is 0 Å². The van der Waals surface area contributed by atoms with Crippen molar-refractivity contribution in [2.75, 3.05) is 27.9 Å².